The molecule has 0 atom stereocenters. The minimum atomic E-state index is -0.248. The van der Waals surface area contributed by atoms with E-state index in [1.165, 1.54) is 0 Å². The van der Waals surface area contributed by atoms with E-state index in [9.17, 15) is 4.79 Å². The fourth-order valence-electron chi connectivity index (χ4n) is 3.79. The Morgan fingerprint density at radius 1 is 0.882 bits per heavy atom. The minimum Gasteiger partial charge on any atom is -0.360 e. The van der Waals surface area contributed by atoms with Gasteiger partial charge in [0, 0.05) is 27.7 Å². The molecule has 7 heteroatoms. The Kier molecular flexibility index (Phi) is 6.14. The van der Waals surface area contributed by atoms with Crippen molar-refractivity contribution in [3.63, 3.8) is 0 Å². The Morgan fingerprint density at radius 3 is 2.56 bits per heavy atom. The van der Waals surface area contributed by atoms with Crippen LogP contribution in [0, 0.1) is 0 Å². The molecule has 1 aromatic heterocycles. The first-order chi connectivity index (χ1) is 16.7. The first-order valence-corrected chi connectivity index (χ1v) is 11.1. The van der Waals surface area contributed by atoms with Crippen LogP contribution in [0.15, 0.2) is 113 Å². The van der Waals surface area contributed by atoms with E-state index in [0.29, 0.717) is 16.3 Å². The molecule has 4 aromatic carbocycles. The minimum absolute atomic E-state index is 0.188. The summed E-state index contributed by atoms with van der Waals surface area (Å²) in [7, 11) is 0. The third-order valence-corrected chi connectivity index (χ3v) is 5.65. The molecule has 0 spiro atoms. The van der Waals surface area contributed by atoms with Crippen LogP contribution in [0.2, 0.25) is 5.02 Å². The molecule has 34 heavy (non-hydrogen) atoms. The molecule has 5 rings (SSSR count). The summed E-state index contributed by atoms with van der Waals surface area (Å²) >= 11 is 6.21. The molecule has 0 aliphatic carbocycles. The zero-order valence-corrected chi connectivity index (χ0v) is 18.8. The van der Waals surface area contributed by atoms with Gasteiger partial charge in [-0.25, -0.2) is 5.43 Å². The molecule has 6 nitrogen and oxygen atoms in total. The summed E-state index contributed by atoms with van der Waals surface area (Å²) in [4.78, 5) is 16.0. The molecule has 0 aliphatic heterocycles. The van der Waals surface area contributed by atoms with Gasteiger partial charge >= 0.3 is 0 Å². The molecule has 0 fully saturated rings. The summed E-state index contributed by atoms with van der Waals surface area (Å²) in [5.74, 6) is 0.0188. The molecule has 1 heterocycles. The predicted molar refractivity (Wildman–Crippen MR) is 137 cm³/mol. The molecule has 1 amide bonds. The third kappa shape index (κ3) is 4.72. The van der Waals surface area contributed by atoms with Crippen LogP contribution in [-0.4, -0.2) is 16.7 Å². The lowest BCUT2D eigenvalue weighted by Gasteiger charge is -2.06. The monoisotopic (exact) mass is 465 g/mol. The average molecular weight is 466 g/mol. The van der Waals surface area contributed by atoms with E-state index in [1.807, 2.05) is 84.9 Å². The number of halogens is 1. The number of rotatable bonds is 5. The number of H-pyrrole nitrogens is 1. The van der Waals surface area contributed by atoms with E-state index in [0.717, 1.165) is 27.2 Å². The topological polar surface area (TPSA) is 82.0 Å². The normalized spacial score (nSPS) is 12.0. The van der Waals surface area contributed by atoms with Crippen LogP contribution < -0.4 is 5.43 Å². The SMILES string of the molecule is O=C(Cc1cccc2ccccc12)N/N=C(/N=Nc1ccccc1)c1c[nH]c2ccc(Cl)cc12. The van der Waals surface area contributed by atoms with E-state index >= 15 is 0 Å². The van der Waals surface area contributed by atoms with Crippen LogP contribution in [0.25, 0.3) is 21.7 Å². The third-order valence-electron chi connectivity index (χ3n) is 5.42. The number of nitrogens with zero attached hydrogens (tertiary/aromatic N) is 3. The van der Waals surface area contributed by atoms with Crippen molar-refractivity contribution in [1.82, 2.24) is 10.4 Å². The number of aromatic amines is 1. The number of carbonyl (C=O) groups excluding carboxylic acids is 1. The molecule has 0 saturated heterocycles. The number of nitrogens with one attached hydrogen (secondary N) is 2. The van der Waals surface area contributed by atoms with E-state index in [4.69, 9.17) is 11.6 Å². The van der Waals surface area contributed by atoms with Gasteiger partial charge in [0.05, 0.1) is 12.1 Å². The lowest BCUT2D eigenvalue weighted by Crippen LogP contribution is -2.21. The first-order valence-electron chi connectivity index (χ1n) is 10.7. The maximum atomic E-state index is 12.8. The van der Waals surface area contributed by atoms with Crippen molar-refractivity contribution in [2.75, 3.05) is 0 Å². The number of azo groups is 1. The van der Waals surface area contributed by atoms with Gasteiger partial charge in [0.1, 0.15) is 0 Å². The number of benzene rings is 4. The van der Waals surface area contributed by atoms with Crippen molar-refractivity contribution in [2.45, 2.75) is 6.42 Å². The molecule has 2 N–H and O–H groups in total. The number of hydrazone groups is 1. The highest BCUT2D eigenvalue weighted by atomic mass is 35.5. The van der Waals surface area contributed by atoms with Crippen molar-refractivity contribution in [1.29, 1.82) is 0 Å². The van der Waals surface area contributed by atoms with Crippen LogP contribution in [0.4, 0.5) is 5.69 Å². The van der Waals surface area contributed by atoms with Gasteiger partial charge in [0.2, 0.25) is 11.7 Å². The molecule has 0 radical (unpaired) electrons. The Labute approximate surface area is 201 Å². The van der Waals surface area contributed by atoms with Gasteiger partial charge in [-0.1, -0.05) is 72.3 Å². The molecule has 0 bridgehead atoms. The van der Waals surface area contributed by atoms with Crippen molar-refractivity contribution >= 4 is 50.7 Å². The molecule has 0 saturated carbocycles. The second kappa shape index (κ2) is 9.68. The molecule has 166 valence electrons. The molecule has 0 aliphatic rings. The van der Waals surface area contributed by atoms with Gasteiger partial charge in [0.25, 0.3) is 0 Å². The largest absolute Gasteiger partial charge is 0.360 e. The number of hydrogen-bond donors (Lipinski definition) is 2. The second-order valence-corrected chi connectivity index (χ2v) is 8.15. The first kappa shape index (κ1) is 21.6. The number of carbonyl (C=O) groups is 1. The van der Waals surface area contributed by atoms with Gasteiger partial charge in [-0.3, -0.25) is 4.79 Å². The predicted octanol–water partition coefficient (Wildman–Crippen LogP) is 6.78. The van der Waals surface area contributed by atoms with Crippen molar-refractivity contribution in [3.8, 4) is 0 Å². The summed E-state index contributed by atoms with van der Waals surface area (Å²) in [5.41, 5.74) is 5.81. The van der Waals surface area contributed by atoms with Gasteiger partial charge in [-0.15, -0.1) is 10.2 Å². The Bertz CT molecular complexity index is 1530. The number of aromatic nitrogens is 1. The smallest absolute Gasteiger partial charge is 0.244 e. The van der Waals surface area contributed by atoms with E-state index in [-0.39, 0.29) is 18.2 Å². The van der Waals surface area contributed by atoms with Gasteiger partial charge in [-0.2, -0.15) is 5.10 Å². The number of amidine groups is 1. The highest BCUT2D eigenvalue weighted by Crippen LogP contribution is 2.24. The van der Waals surface area contributed by atoms with E-state index in [1.54, 1.807) is 12.3 Å². The molecular weight excluding hydrogens is 446 g/mol. The average Bonchev–Trinajstić information content (AvgIpc) is 3.28. The van der Waals surface area contributed by atoms with Gasteiger partial charge in [0.15, 0.2) is 0 Å². The molecule has 5 aromatic rings. The highest BCUT2D eigenvalue weighted by Gasteiger charge is 2.13. The van der Waals surface area contributed by atoms with E-state index in [2.05, 4.69) is 25.7 Å². The fourth-order valence-corrected chi connectivity index (χ4v) is 3.96. The van der Waals surface area contributed by atoms with Crippen LogP contribution in [0.3, 0.4) is 0 Å². The lowest BCUT2D eigenvalue weighted by molar-refractivity contribution is -0.120. The summed E-state index contributed by atoms with van der Waals surface area (Å²) in [6, 6.07) is 28.8. The maximum Gasteiger partial charge on any atom is 0.244 e. The maximum absolute atomic E-state index is 12.8. The summed E-state index contributed by atoms with van der Waals surface area (Å²) in [6.07, 6.45) is 1.97. The highest BCUT2D eigenvalue weighted by molar-refractivity contribution is 6.31. The number of fused-ring (bicyclic) bond motifs is 2. The number of hydrogen-bond acceptors (Lipinski definition) is 3. The summed E-state index contributed by atoms with van der Waals surface area (Å²) < 4.78 is 0. The van der Waals surface area contributed by atoms with Gasteiger partial charge in [-0.05, 0) is 46.7 Å². The standard InChI is InChI=1S/C27H20ClN5O/c28-20-13-14-25-23(16-20)24(17-29-25)27(32-30-21-10-2-1-3-11-21)33-31-26(34)15-19-9-6-8-18-7-4-5-12-22(18)19/h1-14,16-17,29H,15H2,(H,31,34)/b32-30?,33-27+. The van der Waals surface area contributed by atoms with Crippen LogP contribution in [0.1, 0.15) is 11.1 Å². The Balaban J connectivity index is 1.45. The van der Waals surface area contributed by atoms with Crippen LogP contribution >= 0.6 is 11.6 Å². The van der Waals surface area contributed by atoms with Crippen LogP contribution in [-0.2, 0) is 11.2 Å². The Hall–Kier alpha value is -4.29. The quantitative estimate of drug-likeness (QED) is 0.127. The Morgan fingerprint density at radius 2 is 1.68 bits per heavy atom. The van der Waals surface area contributed by atoms with Gasteiger partial charge < -0.3 is 4.98 Å². The number of amides is 1. The zero-order valence-electron chi connectivity index (χ0n) is 18.1. The van der Waals surface area contributed by atoms with Crippen molar-refractivity contribution in [3.05, 3.63) is 113 Å². The molecule has 0 unspecified atom stereocenters. The second-order valence-electron chi connectivity index (χ2n) is 7.71. The van der Waals surface area contributed by atoms with E-state index < -0.39 is 0 Å². The summed E-state index contributed by atoms with van der Waals surface area (Å²) in [6.45, 7) is 0. The van der Waals surface area contributed by atoms with Crippen molar-refractivity contribution in [2.24, 2.45) is 15.3 Å². The van der Waals surface area contributed by atoms with Crippen molar-refractivity contribution < 1.29 is 4.79 Å². The lowest BCUT2D eigenvalue weighted by atomic mass is 10.0. The fraction of sp³-hybridized carbons (Fsp3) is 0.0370. The van der Waals surface area contributed by atoms with Crippen LogP contribution in [0.5, 0.6) is 0 Å². The summed E-state index contributed by atoms with van der Waals surface area (Å²) in [5, 5.41) is 16.5. The molecular formula is C27H20ClN5O. The zero-order chi connectivity index (χ0) is 23.3.